The smallest absolute Gasteiger partial charge is 0.191 e. The van der Waals surface area contributed by atoms with Gasteiger partial charge in [0.1, 0.15) is 0 Å². The summed E-state index contributed by atoms with van der Waals surface area (Å²) < 4.78 is 5.99. The molecule has 4 nitrogen and oxygen atoms in total. The average Bonchev–Trinajstić information content (AvgIpc) is 2.95. The Morgan fingerprint density at radius 1 is 1.36 bits per heavy atom. The minimum atomic E-state index is 0.272. The molecule has 0 amide bonds. The Bertz CT molecular complexity index is 425. The number of hydrogen-bond acceptors (Lipinski definition) is 3. The molecule has 124 valence electrons. The van der Waals surface area contributed by atoms with E-state index in [0.29, 0.717) is 6.10 Å². The summed E-state index contributed by atoms with van der Waals surface area (Å²) in [6.45, 7) is 3.70. The number of hydrogen-bond donors (Lipinski definition) is 2. The number of thiophene rings is 1. The lowest BCUT2D eigenvalue weighted by Gasteiger charge is -2.18. The number of ether oxygens (including phenoxy) is 1. The summed E-state index contributed by atoms with van der Waals surface area (Å²) in [5.41, 5.74) is 0. The Kier molecular flexibility index (Phi) is 7.74. The minimum absolute atomic E-state index is 0.272. The van der Waals surface area contributed by atoms with Crippen LogP contribution in [0.5, 0.6) is 0 Å². The van der Waals surface area contributed by atoms with Gasteiger partial charge in [0.15, 0.2) is 5.96 Å². The third kappa shape index (κ3) is 5.97. The first-order valence-electron chi connectivity index (χ1n) is 8.42. The van der Waals surface area contributed by atoms with Crippen LogP contribution in [0.15, 0.2) is 22.5 Å². The third-order valence-corrected chi connectivity index (χ3v) is 5.15. The maximum atomic E-state index is 5.99. The van der Waals surface area contributed by atoms with Crippen molar-refractivity contribution < 1.29 is 4.74 Å². The number of guanidine groups is 1. The quantitative estimate of drug-likeness (QED) is 0.363. The molecule has 0 spiro atoms. The molecule has 1 aliphatic rings. The van der Waals surface area contributed by atoms with Gasteiger partial charge in [-0.25, -0.2) is 0 Å². The van der Waals surface area contributed by atoms with E-state index >= 15 is 0 Å². The van der Waals surface area contributed by atoms with Crippen LogP contribution >= 0.6 is 11.3 Å². The highest BCUT2D eigenvalue weighted by molar-refractivity contribution is 7.10. The van der Waals surface area contributed by atoms with E-state index in [2.05, 4.69) is 40.1 Å². The molecule has 1 atom stereocenters. The number of nitrogens with one attached hydrogen (secondary N) is 2. The van der Waals surface area contributed by atoms with Crippen molar-refractivity contribution in [1.82, 2.24) is 10.6 Å². The van der Waals surface area contributed by atoms with E-state index < -0.39 is 0 Å². The van der Waals surface area contributed by atoms with Gasteiger partial charge in [-0.3, -0.25) is 4.99 Å². The summed E-state index contributed by atoms with van der Waals surface area (Å²) in [5.74, 6) is 0.838. The third-order valence-electron chi connectivity index (χ3n) is 4.10. The first kappa shape index (κ1) is 17.3. The van der Waals surface area contributed by atoms with E-state index in [1.807, 2.05) is 7.05 Å². The van der Waals surface area contributed by atoms with Crippen LogP contribution in [0.1, 0.15) is 56.4 Å². The minimum Gasteiger partial charge on any atom is -0.376 e. The first-order chi connectivity index (χ1) is 10.8. The van der Waals surface area contributed by atoms with E-state index in [4.69, 9.17) is 4.74 Å². The number of aliphatic imine (C=N–C) groups is 1. The molecule has 1 fully saturated rings. The van der Waals surface area contributed by atoms with E-state index in [9.17, 15) is 0 Å². The van der Waals surface area contributed by atoms with Crippen LogP contribution in [0, 0.1) is 0 Å². The molecule has 1 aromatic heterocycles. The van der Waals surface area contributed by atoms with Crippen molar-refractivity contribution in [2.24, 2.45) is 4.99 Å². The fourth-order valence-corrected chi connectivity index (χ4v) is 3.55. The van der Waals surface area contributed by atoms with Crippen molar-refractivity contribution >= 4 is 17.3 Å². The first-order valence-corrected chi connectivity index (χ1v) is 9.29. The summed E-state index contributed by atoms with van der Waals surface area (Å²) in [6, 6.07) is 4.49. The monoisotopic (exact) mass is 323 g/mol. The fraction of sp³-hybridized carbons (Fsp3) is 0.706. The Labute approximate surface area is 138 Å². The fourth-order valence-electron chi connectivity index (χ4n) is 2.81. The molecule has 1 aliphatic carbocycles. The van der Waals surface area contributed by atoms with Crippen molar-refractivity contribution in [3.63, 3.8) is 0 Å². The molecule has 0 bridgehead atoms. The van der Waals surface area contributed by atoms with Crippen molar-refractivity contribution in [3.8, 4) is 0 Å². The average molecular weight is 324 g/mol. The van der Waals surface area contributed by atoms with Crippen LogP contribution in [0.3, 0.4) is 0 Å². The molecule has 1 aromatic rings. The molecule has 1 saturated carbocycles. The van der Waals surface area contributed by atoms with Gasteiger partial charge in [-0.2, -0.15) is 0 Å². The maximum Gasteiger partial charge on any atom is 0.191 e. The lowest BCUT2D eigenvalue weighted by atomic mass is 10.1. The van der Waals surface area contributed by atoms with Gasteiger partial charge in [0.05, 0.1) is 18.8 Å². The van der Waals surface area contributed by atoms with E-state index in [0.717, 1.165) is 19.1 Å². The molecular weight excluding hydrogens is 294 g/mol. The van der Waals surface area contributed by atoms with Crippen LogP contribution < -0.4 is 10.6 Å². The molecule has 0 saturated heterocycles. The summed E-state index contributed by atoms with van der Waals surface area (Å²) >= 11 is 1.76. The van der Waals surface area contributed by atoms with Crippen LogP contribution in [0.25, 0.3) is 0 Å². The zero-order valence-corrected chi connectivity index (χ0v) is 14.6. The normalized spacial score (nSPS) is 18.7. The predicted molar refractivity (Wildman–Crippen MR) is 94.7 cm³/mol. The summed E-state index contributed by atoms with van der Waals surface area (Å²) in [6.07, 6.45) is 8.29. The summed E-state index contributed by atoms with van der Waals surface area (Å²) in [4.78, 5) is 5.60. The lowest BCUT2D eigenvalue weighted by Crippen LogP contribution is -2.40. The Morgan fingerprint density at radius 3 is 2.77 bits per heavy atom. The highest BCUT2D eigenvalue weighted by Crippen LogP contribution is 2.19. The zero-order chi connectivity index (χ0) is 15.6. The number of nitrogens with zero attached hydrogens (tertiary/aromatic N) is 1. The van der Waals surface area contributed by atoms with Crippen molar-refractivity contribution in [2.45, 2.75) is 57.6 Å². The summed E-state index contributed by atoms with van der Waals surface area (Å²) in [7, 11) is 1.81. The highest BCUT2D eigenvalue weighted by Gasteiger charge is 2.12. The molecule has 22 heavy (non-hydrogen) atoms. The predicted octanol–water partition coefficient (Wildman–Crippen LogP) is 3.71. The molecule has 0 aliphatic heterocycles. The second-order valence-corrected chi connectivity index (χ2v) is 6.84. The van der Waals surface area contributed by atoms with Crippen LogP contribution in [-0.2, 0) is 4.74 Å². The van der Waals surface area contributed by atoms with Crippen molar-refractivity contribution in [2.75, 3.05) is 20.2 Å². The molecule has 1 heterocycles. The largest absolute Gasteiger partial charge is 0.376 e. The SMILES string of the molecule is CN=C(NCCOC1CCCCCC1)NC(C)c1cccs1. The molecule has 0 aromatic carbocycles. The maximum absolute atomic E-state index is 5.99. The van der Waals surface area contributed by atoms with Crippen LogP contribution in [-0.4, -0.2) is 32.3 Å². The second-order valence-electron chi connectivity index (χ2n) is 5.86. The van der Waals surface area contributed by atoms with E-state index in [1.165, 1.54) is 43.4 Å². The van der Waals surface area contributed by atoms with Crippen molar-refractivity contribution in [3.05, 3.63) is 22.4 Å². The van der Waals surface area contributed by atoms with Crippen molar-refractivity contribution in [1.29, 1.82) is 0 Å². The zero-order valence-electron chi connectivity index (χ0n) is 13.8. The van der Waals surface area contributed by atoms with Crippen LogP contribution in [0.2, 0.25) is 0 Å². The molecule has 5 heteroatoms. The van der Waals surface area contributed by atoms with Crippen LogP contribution in [0.4, 0.5) is 0 Å². The molecular formula is C17H29N3OS. The van der Waals surface area contributed by atoms with Gasteiger partial charge in [0.2, 0.25) is 0 Å². The molecule has 2 rings (SSSR count). The summed E-state index contributed by atoms with van der Waals surface area (Å²) in [5, 5.41) is 8.85. The van der Waals surface area contributed by atoms with E-state index in [-0.39, 0.29) is 6.04 Å². The second kappa shape index (κ2) is 9.85. The Balaban J connectivity index is 1.63. The lowest BCUT2D eigenvalue weighted by molar-refractivity contribution is 0.0468. The molecule has 0 radical (unpaired) electrons. The number of rotatable bonds is 6. The van der Waals surface area contributed by atoms with Gasteiger partial charge in [-0.1, -0.05) is 31.7 Å². The van der Waals surface area contributed by atoms with Gasteiger partial charge < -0.3 is 15.4 Å². The van der Waals surface area contributed by atoms with Gasteiger partial charge in [0.25, 0.3) is 0 Å². The van der Waals surface area contributed by atoms with E-state index in [1.54, 1.807) is 11.3 Å². The highest BCUT2D eigenvalue weighted by atomic mass is 32.1. The van der Waals surface area contributed by atoms with Gasteiger partial charge >= 0.3 is 0 Å². The van der Waals surface area contributed by atoms with Gasteiger partial charge in [-0.15, -0.1) is 11.3 Å². The van der Waals surface area contributed by atoms with Gasteiger partial charge in [-0.05, 0) is 31.2 Å². The van der Waals surface area contributed by atoms with Gasteiger partial charge in [0, 0.05) is 18.5 Å². The standard InChI is InChI=1S/C17H29N3OS/c1-14(16-10-7-13-22-16)20-17(18-2)19-11-12-21-15-8-5-3-4-6-9-15/h7,10,13-15H,3-6,8-9,11-12H2,1-2H3,(H2,18,19,20). The topological polar surface area (TPSA) is 45.7 Å². The Hall–Kier alpha value is -1.07. The Morgan fingerprint density at radius 2 is 2.14 bits per heavy atom. The molecule has 1 unspecified atom stereocenters. The molecule has 2 N–H and O–H groups in total.